The number of ether oxygens (including phenoxy) is 8. The van der Waals surface area contributed by atoms with E-state index in [1.54, 1.807) is 36.8 Å². The lowest BCUT2D eigenvalue weighted by molar-refractivity contribution is -0.150. The molecule has 4 aromatic carbocycles. The Balaban J connectivity index is 0.887. The fourth-order valence-corrected chi connectivity index (χ4v) is 7.73. The third-order valence-electron chi connectivity index (χ3n) is 12.0. The van der Waals surface area contributed by atoms with Crippen LogP contribution in [0.1, 0.15) is 49.9 Å². The summed E-state index contributed by atoms with van der Waals surface area (Å²) >= 11 is 0. The monoisotopic (exact) mass is 1110 g/mol. The number of imidazole rings is 2. The van der Waals surface area contributed by atoms with E-state index in [0.717, 1.165) is 22.3 Å². The number of fused-ring (bicyclic) bond motifs is 2. The predicted octanol–water partition coefficient (Wildman–Crippen LogP) is 7.54. The van der Waals surface area contributed by atoms with Gasteiger partial charge in [-0.1, -0.05) is 149 Å². The van der Waals surface area contributed by atoms with Crippen LogP contribution in [-0.4, -0.2) is 108 Å². The van der Waals surface area contributed by atoms with Crippen molar-refractivity contribution in [2.45, 2.75) is 79.7 Å². The van der Waals surface area contributed by atoms with Gasteiger partial charge in [0.2, 0.25) is 23.7 Å². The molecule has 0 spiro atoms. The first-order valence-corrected chi connectivity index (χ1v) is 26.2. The van der Waals surface area contributed by atoms with Crippen molar-refractivity contribution < 1.29 is 57.1 Å². The summed E-state index contributed by atoms with van der Waals surface area (Å²) in [6.45, 7) is 7.47. The lowest BCUT2D eigenvalue weighted by atomic mass is 10.1. The molecule has 0 aliphatic carbocycles. The zero-order valence-corrected chi connectivity index (χ0v) is 45.3. The maximum Gasteiger partial charge on any atom is 0.408 e. The fourth-order valence-electron chi connectivity index (χ4n) is 7.73. The Morgan fingerprint density at radius 1 is 0.457 bits per heavy atom. The molecule has 24 heteroatoms. The number of carbonyl (C=O) groups excluding carboxylic acids is 4. The zero-order chi connectivity index (χ0) is 56.8. The van der Waals surface area contributed by atoms with Crippen LogP contribution >= 0.6 is 0 Å². The lowest BCUT2D eigenvalue weighted by Crippen LogP contribution is -2.45. The van der Waals surface area contributed by atoms with Gasteiger partial charge >= 0.3 is 24.1 Å². The predicted molar refractivity (Wildman–Crippen MR) is 295 cm³/mol. The maximum atomic E-state index is 13.0. The van der Waals surface area contributed by atoms with Crippen LogP contribution in [0.15, 0.2) is 134 Å². The summed E-state index contributed by atoms with van der Waals surface area (Å²) in [4.78, 5) is 79.1. The molecule has 0 aliphatic heterocycles. The summed E-state index contributed by atoms with van der Waals surface area (Å²) < 4.78 is 49.1. The quantitative estimate of drug-likeness (QED) is 0.0146. The number of nitrogens with one attached hydrogen (secondary N) is 4. The number of alkyl carbamates (subject to hydrolysis) is 2. The average molecular weight is 1110 g/mol. The molecule has 0 bridgehead atoms. The fraction of sp³-hybridized carbons (Fsp3) is 0.333. The minimum atomic E-state index is -0.942. The molecule has 4 N–H and O–H groups in total. The van der Waals surface area contributed by atoms with E-state index in [2.05, 4.69) is 41.2 Å². The number of carbonyl (C=O) groups is 4. The van der Waals surface area contributed by atoms with Gasteiger partial charge in [0.15, 0.2) is 22.3 Å². The Labute approximate surface area is 466 Å². The summed E-state index contributed by atoms with van der Waals surface area (Å²) in [5, 5.41) is 11.6. The van der Waals surface area contributed by atoms with Gasteiger partial charge in [-0.25, -0.2) is 29.1 Å². The van der Waals surface area contributed by atoms with Gasteiger partial charge in [-0.15, -0.1) is 0 Å². The van der Waals surface area contributed by atoms with Gasteiger partial charge in [-0.2, -0.15) is 19.9 Å². The Hall–Kier alpha value is -9.42. The number of anilines is 2. The molecule has 0 fully saturated rings. The number of aromatic nitrogens is 8. The van der Waals surface area contributed by atoms with Crippen molar-refractivity contribution in [3.63, 3.8) is 0 Å². The normalized spacial score (nSPS) is 11.9. The third kappa shape index (κ3) is 17.3. The van der Waals surface area contributed by atoms with Gasteiger partial charge in [-0.3, -0.25) is 9.13 Å². The molecule has 0 saturated carbocycles. The molecule has 2 amide bonds. The lowest BCUT2D eigenvalue weighted by Gasteiger charge is -2.20. The van der Waals surface area contributed by atoms with Gasteiger partial charge in [0, 0.05) is 0 Å². The van der Waals surface area contributed by atoms with E-state index in [4.69, 9.17) is 47.9 Å². The SMILES string of the molecule is CC(C)C(NC(=O)OCc1ccccc1)C(=O)OCCOCn1cnc2c(OCc3ccccc3)nc(NCNc3nc(OCc4ccccc4)c4ncn(COCCOC(=O)C(NC(=O)OCc5ccccc5)C(C)C)c4n3)nc21. The second-order valence-corrected chi connectivity index (χ2v) is 18.8. The van der Waals surface area contributed by atoms with Crippen molar-refractivity contribution in [1.82, 2.24) is 49.7 Å². The summed E-state index contributed by atoms with van der Waals surface area (Å²) in [6, 6.07) is 35.7. The van der Waals surface area contributed by atoms with Crippen LogP contribution in [0.2, 0.25) is 0 Å². The molecular weight excluding hydrogens is 1040 g/mol. The number of hydrogen-bond acceptors (Lipinski definition) is 20. The van der Waals surface area contributed by atoms with Crippen molar-refractivity contribution in [3.05, 3.63) is 156 Å². The maximum absolute atomic E-state index is 13.0. The molecular formula is C57H64N12O12. The summed E-state index contributed by atoms with van der Waals surface area (Å²) in [6.07, 6.45) is 1.60. The standard InChI is InChI=1S/C57H64N12O12/c1-38(2)44(62-56(72)80-31-42-21-13-7-14-22-42)52(70)76-27-25-74-36-68-34-60-46-48(68)64-54(66-50(46)78-29-40-17-9-5-10-18-40)58-33-59-55-65-49-47(51(67-55)79-30-41-19-11-6-12-20-41)61-35-69(49)37-75-26-28-77-53(71)45(39(3)4)63-57(73)81-32-43-23-15-8-16-24-43/h5-24,34-35,38-39,44-45H,25-33,36-37H2,1-4H3,(H,62,72)(H,63,73)(H,58,64,66)(H,59,65,67). The number of amides is 2. The van der Waals surface area contributed by atoms with E-state index >= 15 is 0 Å². The van der Waals surface area contributed by atoms with Crippen LogP contribution in [0.25, 0.3) is 22.3 Å². The molecule has 0 radical (unpaired) electrons. The number of rotatable bonds is 30. The second-order valence-electron chi connectivity index (χ2n) is 18.8. The highest BCUT2D eigenvalue weighted by Gasteiger charge is 2.28. The van der Waals surface area contributed by atoms with E-state index < -0.39 is 36.2 Å². The van der Waals surface area contributed by atoms with Gasteiger partial charge in [-0.05, 0) is 34.1 Å². The molecule has 8 rings (SSSR count). The molecule has 0 aliphatic rings. The van der Waals surface area contributed by atoms with E-state index in [9.17, 15) is 19.2 Å². The minimum absolute atomic E-state index is 0.0157. The van der Waals surface area contributed by atoms with Gasteiger partial charge < -0.3 is 59.2 Å². The molecule has 424 valence electrons. The number of nitrogens with zero attached hydrogens (tertiary/aromatic N) is 8. The summed E-state index contributed by atoms with van der Waals surface area (Å²) in [5.41, 5.74) is 4.96. The van der Waals surface area contributed by atoms with Crippen LogP contribution in [0.3, 0.4) is 0 Å². The van der Waals surface area contributed by atoms with Crippen LogP contribution in [0.4, 0.5) is 21.5 Å². The molecule has 8 aromatic rings. The van der Waals surface area contributed by atoms with Gasteiger partial charge in [0.1, 0.15) is 65.2 Å². The highest BCUT2D eigenvalue weighted by Crippen LogP contribution is 2.26. The first-order valence-electron chi connectivity index (χ1n) is 26.2. The molecule has 4 aromatic heterocycles. The summed E-state index contributed by atoms with van der Waals surface area (Å²) in [7, 11) is 0. The van der Waals surface area contributed by atoms with Crippen molar-refractivity contribution >= 4 is 58.3 Å². The van der Waals surface area contributed by atoms with Crippen molar-refractivity contribution in [2.24, 2.45) is 11.8 Å². The third-order valence-corrected chi connectivity index (χ3v) is 12.0. The average Bonchev–Trinajstić information content (AvgIpc) is 4.23. The van der Waals surface area contributed by atoms with Crippen LogP contribution in [0, 0.1) is 11.8 Å². The minimum Gasteiger partial charge on any atom is -0.471 e. The molecule has 2 unspecified atom stereocenters. The Bertz CT molecular complexity index is 3060. The van der Waals surface area contributed by atoms with Crippen LogP contribution in [-0.2, 0) is 77.9 Å². The molecule has 4 heterocycles. The van der Waals surface area contributed by atoms with Gasteiger partial charge in [0.25, 0.3) is 0 Å². The summed E-state index contributed by atoms with van der Waals surface area (Å²) in [5.74, 6) is -1.07. The smallest absolute Gasteiger partial charge is 0.408 e. The largest absolute Gasteiger partial charge is 0.471 e. The van der Waals surface area contributed by atoms with Crippen molar-refractivity contribution in [1.29, 1.82) is 0 Å². The van der Waals surface area contributed by atoms with Crippen molar-refractivity contribution in [2.75, 3.05) is 43.7 Å². The Morgan fingerprint density at radius 2 is 0.815 bits per heavy atom. The van der Waals surface area contributed by atoms with Crippen molar-refractivity contribution in [3.8, 4) is 11.8 Å². The molecule has 81 heavy (non-hydrogen) atoms. The van der Waals surface area contributed by atoms with Gasteiger partial charge in [0.05, 0.1) is 32.5 Å². The number of esters is 2. The first-order chi connectivity index (χ1) is 39.5. The Morgan fingerprint density at radius 3 is 1.17 bits per heavy atom. The molecule has 0 saturated heterocycles. The van der Waals surface area contributed by atoms with E-state index in [-0.39, 0.29) is 108 Å². The highest BCUT2D eigenvalue weighted by atomic mass is 16.6. The Kier molecular flexibility index (Phi) is 21.0. The number of benzene rings is 4. The van der Waals surface area contributed by atoms with Crippen LogP contribution < -0.4 is 30.7 Å². The second kappa shape index (κ2) is 29.5. The molecule has 2 atom stereocenters. The zero-order valence-electron chi connectivity index (χ0n) is 45.3. The first kappa shape index (κ1) is 57.7. The number of hydrogen-bond donors (Lipinski definition) is 4. The molecule has 24 nitrogen and oxygen atoms in total. The van der Waals surface area contributed by atoms with E-state index in [1.165, 1.54) is 12.7 Å². The van der Waals surface area contributed by atoms with E-state index in [1.807, 2.05) is 121 Å². The topological polar surface area (TPSA) is 277 Å². The highest BCUT2D eigenvalue weighted by molar-refractivity contribution is 5.82. The van der Waals surface area contributed by atoms with Crippen LogP contribution in [0.5, 0.6) is 11.8 Å². The van der Waals surface area contributed by atoms with E-state index in [0.29, 0.717) is 22.3 Å².